The zero-order chi connectivity index (χ0) is 8.27. The van der Waals surface area contributed by atoms with Crippen molar-refractivity contribution in [1.82, 2.24) is 5.32 Å². The zero-order valence-electron chi connectivity index (χ0n) is 6.54. The van der Waals surface area contributed by atoms with Gasteiger partial charge in [0.25, 0.3) is 0 Å². The van der Waals surface area contributed by atoms with Crippen molar-refractivity contribution < 1.29 is 14.6 Å². The molecule has 2 N–H and O–H groups in total. The standard InChI is InChI=1S/C7H13NO3/c1-2-11-5-3-6(7(9)10)8-4-5/h5-6,8H,2-4H2,1H3,(H,9,10)/t5-,6?/m1/s1. The van der Waals surface area contributed by atoms with Crippen molar-refractivity contribution >= 4 is 5.97 Å². The lowest BCUT2D eigenvalue weighted by Gasteiger charge is -2.06. The van der Waals surface area contributed by atoms with Crippen LogP contribution in [0.3, 0.4) is 0 Å². The van der Waals surface area contributed by atoms with E-state index in [0.717, 1.165) is 0 Å². The fraction of sp³-hybridized carbons (Fsp3) is 0.857. The second-order valence-electron chi connectivity index (χ2n) is 2.61. The Kier molecular flexibility index (Phi) is 2.84. The van der Waals surface area contributed by atoms with Crippen LogP contribution in [0.5, 0.6) is 0 Å². The van der Waals surface area contributed by atoms with Gasteiger partial charge in [-0.3, -0.25) is 4.79 Å². The predicted molar refractivity (Wildman–Crippen MR) is 39.5 cm³/mol. The maximum Gasteiger partial charge on any atom is 0.320 e. The average Bonchev–Trinajstić information content (AvgIpc) is 2.37. The van der Waals surface area contributed by atoms with Gasteiger partial charge >= 0.3 is 5.97 Å². The first-order chi connectivity index (χ1) is 5.24. The van der Waals surface area contributed by atoms with Crippen LogP contribution in [-0.4, -0.2) is 36.4 Å². The van der Waals surface area contributed by atoms with Gasteiger partial charge in [-0.2, -0.15) is 0 Å². The van der Waals surface area contributed by atoms with Crippen molar-refractivity contribution in [3.63, 3.8) is 0 Å². The third-order valence-corrected chi connectivity index (χ3v) is 1.79. The van der Waals surface area contributed by atoms with Crippen molar-refractivity contribution in [3.05, 3.63) is 0 Å². The number of carboxylic acids is 1. The number of nitrogens with one attached hydrogen (secondary N) is 1. The smallest absolute Gasteiger partial charge is 0.320 e. The Morgan fingerprint density at radius 3 is 3.00 bits per heavy atom. The first-order valence-corrected chi connectivity index (χ1v) is 3.81. The highest BCUT2D eigenvalue weighted by Gasteiger charge is 2.28. The van der Waals surface area contributed by atoms with Crippen molar-refractivity contribution in [2.24, 2.45) is 0 Å². The summed E-state index contributed by atoms with van der Waals surface area (Å²) in [5.41, 5.74) is 0. The first-order valence-electron chi connectivity index (χ1n) is 3.81. The second-order valence-corrected chi connectivity index (χ2v) is 2.61. The Labute approximate surface area is 65.5 Å². The number of hydrogen-bond acceptors (Lipinski definition) is 3. The highest BCUT2D eigenvalue weighted by molar-refractivity contribution is 5.73. The molecule has 1 rings (SSSR count). The summed E-state index contributed by atoms with van der Waals surface area (Å²) in [6.07, 6.45) is 0.671. The summed E-state index contributed by atoms with van der Waals surface area (Å²) >= 11 is 0. The Hall–Kier alpha value is -0.610. The number of hydrogen-bond donors (Lipinski definition) is 2. The van der Waals surface area contributed by atoms with Gasteiger partial charge < -0.3 is 15.2 Å². The number of ether oxygens (including phenoxy) is 1. The van der Waals surface area contributed by atoms with Gasteiger partial charge in [-0.25, -0.2) is 0 Å². The van der Waals surface area contributed by atoms with Gasteiger partial charge in [0.1, 0.15) is 6.04 Å². The zero-order valence-corrected chi connectivity index (χ0v) is 6.54. The molecule has 1 aliphatic rings. The fourth-order valence-electron chi connectivity index (χ4n) is 1.25. The summed E-state index contributed by atoms with van der Waals surface area (Å²) in [6.45, 7) is 3.22. The average molecular weight is 159 g/mol. The lowest BCUT2D eigenvalue weighted by molar-refractivity contribution is -0.139. The van der Waals surface area contributed by atoms with Gasteiger partial charge in [-0.15, -0.1) is 0 Å². The van der Waals surface area contributed by atoms with Gasteiger partial charge in [0.15, 0.2) is 0 Å². The van der Waals surface area contributed by atoms with Gasteiger partial charge in [0.2, 0.25) is 0 Å². The molecule has 0 saturated carbocycles. The minimum atomic E-state index is -0.785. The molecule has 0 radical (unpaired) electrons. The molecule has 0 aromatic carbocycles. The maximum atomic E-state index is 10.4. The number of rotatable bonds is 3. The number of carboxylic acid groups (broad SMARTS) is 1. The van der Waals surface area contributed by atoms with Crippen LogP contribution in [0.15, 0.2) is 0 Å². The minimum Gasteiger partial charge on any atom is -0.480 e. The van der Waals surface area contributed by atoms with E-state index in [1.165, 1.54) is 0 Å². The summed E-state index contributed by atoms with van der Waals surface area (Å²) in [5.74, 6) is -0.785. The topological polar surface area (TPSA) is 58.6 Å². The normalized spacial score (nSPS) is 30.6. The van der Waals surface area contributed by atoms with Crippen molar-refractivity contribution in [3.8, 4) is 0 Å². The molecular formula is C7H13NO3. The molecule has 4 nitrogen and oxygen atoms in total. The molecule has 0 aromatic heterocycles. The quantitative estimate of drug-likeness (QED) is 0.600. The van der Waals surface area contributed by atoms with Crippen molar-refractivity contribution in [2.45, 2.75) is 25.5 Å². The Bertz CT molecular complexity index is 149. The molecule has 1 unspecified atom stereocenters. The summed E-state index contributed by atoms with van der Waals surface area (Å²) in [7, 11) is 0. The lowest BCUT2D eigenvalue weighted by atomic mass is 10.2. The van der Waals surface area contributed by atoms with Gasteiger partial charge in [-0.1, -0.05) is 0 Å². The molecule has 4 heteroatoms. The minimum absolute atomic E-state index is 0.0844. The van der Waals surface area contributed by atoms with E-state index in [0.29, 0.717) is 19.6 Å². The summed E-state index contributed by atoms with van der Waals surface area (Å²) in [4.78, 5) is 10.4. The summed E-state index contributed by atoms with van der Waals surface area (Å²) in [6, 6.07) is -0.411. The van der Waals surface area contributed by atoms with E-state index >= 15 is 0 Å². The van der Waals surface area contributed by atoms with E-state index < -0.39 is 12.0 Å². The van der Waals surface area contributed by atoms with Gasteiger partial charge in [0.05, 0.1) is 6.10 Å². The van der Waals surface area contributed by atoms with Crippen LogP contribution in [0, 0.1) is 0 Å². The molecule has 1 fully saturated rings. The Morgan fingerprint density at radius 2 is 2.55 bits per heavy atom. The van der Waals surface area contributed by atoms with Crippen LogP contribution in [0.1, 0.15) is 13.3 Å². The number of aliphatic carboxylic acids is 1. The van der Waals surface area contributed by atoms with E-state index in [9.17, 15) is 4.79 Å². The SMILES string of the molecule is CCO[C@H]1CNC(C(=O)O)C1. The molecule has 2 atom stereocenters. The number of carbonyl (C=O) groups is 1. The van der Waals surface area contributed by atoms with Crippen LogP contribution in [-0.2, 0) is 9.53 Å². The highest BCUT2D eigenvalue weighted by Crippen LogP contribution is 2.09. The molecule has 1 aliphatic heterocycles. The summed E-state index contributed by atoms with van der Waals surface area (Å²) < 4.78 is 5.26. The molecule has 0 bridgehead atoms. The van der Waals surface area contributed by atoms with Gasteiger partial charge in [-0.05, 0) is 6.92 Å². The Morgan fingerprint density at radius 1 is 1.82 bits per heavy atom. The van der Waals surface area contributed by atoms with E-state index in [-0.39, 0.29) is 6.10 Å². The van der Waals surface area contributed by atoms with Crippen LogP contribution < -0.4 is 5.32 Å². The Balaban J connectivity index is 2.29. The molecule has 0 spiro atoms. The van der Waals surface area contributed by atoms with Crippen LogP contribution in [0.4, 0.5) is 0 Å². The van der Waals surface area contributed by atoms with E-state index in [1.54, 1.807) is 0 Å². The highest BCUT2D eigenvalue weighted by atomic mass is 16.5. The molecular weight excluding hydrogens is 146 g/mol. The third kappa shape index (κ3) is 2.17. The van der Waals surface area contributed by atoms with Crippen LogP contribution in [0.25, 0.3) is 0 Å². The van der Waals surface area contributed by atoms with Crippen LogP contribution in [0.2, 0.25) is 0 Å². The van der Waals surface area contributed by atoms with Crippen molar-refractivity contribution in [1.29, 1.82) is 0 Å². The molecule has 0 amide bonds. The van der Waals surface area contributed by atoms with Crippen LogP contribution >= 0.6 is 0 Å². The third-order valence-electron chi connectivity index (χ3n) is 1.79. The lowest BCUT2D eigenvalue weighted by Crippen LogP contribution is -2.29. The molecule has 11 heavy (non-hydrogen) atoms. The molecule has 64 valence electrons. The molecule has 1 heterocycles. The predicted octanol–water partition coefficient (Wildman–Crippen LogP) is -0.162. The van der Waals surface area contributed by atoms with E-state index in [2.05, 4.69) is 5.32 Å². The second kappa shape index (κ2) is 3.69. The van der Waals surface area contributed by atoms with E-state index in [4.69, 9.17) is 9.84 Å². The van der Waals surface area contributed by atoms with Gasteiger partial charge in [0, 0.05) is 19.6 Å². The monoisotopic (exact) mass is 159 g/mol. The van der Waals surface area contributed by atoms with Crippen molar-refractivity contribution in [2.75, 3.05) is 13.2 Å². The molecule has 1 saturated heterocycles. The maximum absolute atomic E-state index is 10.4. The fourth-order valence-corrected chi connectivity index (χ4v) is 1.25. The first kappa shape index (κ1) is 8.49. The molecule has 0 aromatic rings. The van der Waals surface area contributed by atoms with E-state index in [1.807, 2.05) is 6.92 Å². The summed E-state index contributed by atoms with van der Waals surface area (Å²) in [5, 5.41) is 11.4. The molecule has 0 aliphatic carbocycles. The largest absolute Gasteiger partial charge is 0.480 e.